The van der Waals surface area contributed by atoms with Gasteiger partial charge in [0.1, 0.15) is 5.41 Å². The highest BCUT2D eigenvalue weighted by Gasteiger charge is 2.81. The molecule has 0 amide bonds. The highest BCUT2D eigenvalue weighted by molar-refractivity contribution is 5.82. The summed E-state index contributed by atoms with van der Waals surface area (Å²) >= 11 is 0. The van der Waals surface area contributed by atoms with Gasteiger partial charge in [-0.15, -0.1) is 0 Å². The number of aliphatic hydroxyl groups is 1. The van der Waals surface area contributed by atoms with Crippen LogP contribution in [0.2, 0.25) is 0 Å². The van der Waals surface area contributed by atoms with Crippen molar-refractivity contribution < 1.29 is 15.0 Å². The van der Waals surface area contributed by atoms with Crippen molar-refractivity contribution in [2.75, 3.05) is 6.61 Å². The first-order chi connectivity index (χ1) is 5.25. The quantitative estimate of drug-likeness (QED) is 0.656. The van der Waals surface area contributed by atoms with Gasteiger partial charge in [-0.2, -0.15) is 0 Å². The van der Waals surface area contributed by atoms with Crippen LogP contribution in [0.1, 0.15) is 27.7 Å². The van der Waals surface area contributed by atoms with E-state index in [0.717, 1.165) is 0 Å². The minimum atomic E-state index is -0.944. The lowest BCUT2D eigenvalue weighted by molar-refractivity contribution is -0.147. The second-order valence-electron chi connectivity index (χ2n) is 4.62. The Bertz CT molecular complexity index is 214. The molecule has 12 heavy (non-hydrogen) atoms. The Kier molecular flexibility index (Phi) is 1.60. The molecule has 0 spiro atoms. The van der Waals surface area contributed by atoms with Gasteiger partial charge >= 0.3 is 5.97 Å². The SMILES string of the molecule is CC1(C)C(C)(C)C1(CO)C(=O)O. The molecule has 0 saturated heterocycles. The van der Waals surface area contributed by atoms with Crippen LogP contribution in [0.3, 0.4) is 0 Å². The molecule has 3 nitrogen and oxygen atoms in total. The molecule has 0 radical (unpaired) electrons. The number of carboxylic acids is 1. The van der Waals surface area contributed by atoms with Crippen molar-refractivity contribution in [2.24, 2.45) is 16.2 Å². The molecule has 0 atom stereocenters. The highest BCUT2D eigenvalue weighted by atomic mass is 16.4. The van der Waals surface area contributed by atoms with E-state index in [1.165, 1.54) is 0 Å². The summed E-state index contributed by atoms with van der Waals surface area (Å²) < 4.78 is 0. The summed E-state index contributed by atoms with van der Waals surface area (Å²) in [5.41, 5.74) is -1.58. The monoisotopic (exact) mass is 172 g/mol. The average molecular weight is 172 g/mol. The van der Waals surface area contributed by atoms with Crippen molar-refractivity contribution in [3.8, 4) is 0 Å². The zero-order valence-corrected chi connectivity index (χ0v) is 8.01. The van der Waals surface area contributed by atoms with Crippen LogP contribution in [0.4, 0.5) is 0 Å². The summed E-state index contributed by atoms with van der Waals surface area (Å²) in [6, 6.07) is 0. The zero-order chi connectivity index (χ0) is 9.78. The fourth-order valence-corrected chi connectivity index (χ4v) is 2.43. The Labute approximate surface area is 72.4 Å². The van der Waals surface area contributed by atoms with E-state index in [9.17, 15) is 4.79 Å². The van der Waals surface area contributed by atoms with Crippen LogP contribution < -0.4 is 0 Å². The normalized spacial score (nSPS) is 28.1. The van der Waals surface area contributed by atoms with Crippen LogP contribution in [0.15, 0.2) is 0 Å². The Morgan fingerprint density at radius 1 is 1.17 bits per heavy atom. The second kappa shape index (κ2) is 2.02. The first-order valence-corrected chi connectivity index (χ1v) is 4.10. The van der Waals surface area contributed by atoms with Gasteiger partial charge in [0.15, 0.2) is 0 Å². The third-order valence-electron chi connectivity index (χ3n) is 4.24. The van der Waals surface area contributed by atoms with E-state index in [0.29, 0.717) is 0 Å². The lowest BCUT2D eigenvalue weighted by atomic mass is 9.96. The summed E-state index contributed by atoms with van der Waals surface area (Å²) in [7, 11) is 0. The van der Waals surface area contributed by atoms with Crippen molar-refractivity contribution in [2.45, 2.75) is 27.7 Å². The molecule has 3 heteroatoms. The lowest BCUT2D eigenvalue weighted by Gasteiger charge is -2.11. The third-order valence-corrected chi connectivity index (χ3v) is 4.24. The Balaban J connectivity index is 3.11. The maximum absolute atomic E-state index is 11.0. The molecule has 0 unspecified atom stereocenters. The molecule has 0 aromatic heterocycles. The van der Waals surface area contributed by atoms with Crippen molar-refractivity contribution in [3.05, 3.63) is 0 Å². The minimum Gasteiger partial charge on any atom is -0.481 e. The van der Waals surface area contributed by atoms with Gasteiger partial charge in [0, 0.05) is 0 Å². The van der Waals surface area contributed by atoms with E-state index in [1.54, 1.807) is 0 Å². The summed E-state index contributed by atoms with van der Waals surface area (Å²) in [6.45, 7) is 7.27. The smallest absolute Gasteiger partial charge is 0.313 e. The van der Waals surface area contributed by atoms with Gasteiger partial charge < -0.3 is 10.2 Å². The van der Waals surface area contributed by atoms with Crippen molar-refractivity contribution in [1.82, 2.24) is 0 Å². The molecule has 0 aliphatic heterocycles. The van der Waals surface area contributed by atoms with E-state index in [2.05, 4.69) is 0 Å². The summed E-state index contributed by atoms with van der Waals surface area (Å²) in [5, 5.41) is 18.1. The maximum Gasteiger partial charge on any atom is 0.313 e. The molecule has 0 aromatic rings. The van der Waals surface area contributed by atoms with E-state index in [-0.39, 0.29) is 17.4 Å². The number of rotatable bonds is 2. The van der Waals surface area contributed by atoms with E-state index in [1.807, 2.05) is 27.7 Å². The molecule has 1 aliphatic carbocycles. The number of aliphatic carboxylic acids is 1. The van der Waals surface area contributed by atoms with Crippen molar-refractivity contribution in [1.29, 1.82) is 0 Å². The molecular weight excluding hydrogens is 156 g/mol. The van der Waals surface area contributed by atoms with Crippen LogP contribution in [0.25, 0.3) is 0 Å². The minimum absolute atomic E-state index is 0.275. The van der Waals surface area contributed by atoms with Gasteiger partial charge in [-0.1, -0.05) is 27.7 Å². The first-order valence-electron chi connectivity index (χ1n) is 4.10. The topological polar surface area (TPSA) is 57.5 Å². The van der Waals surface area contributed by atoms with Crippen LogP contribution in [0, 0.1) is 16.2 Å². The average Bonchev–Trinajstić information content (AvgIpc) is 2.21. The Hall–Kier alpha value is -0.570. The molecule has 0 bridgehead atoms. The van der Waals surface area contributed by atoms with Crippen LogP contribution in [0.5, 0.6) is 0 Å². The molecule has 1 fully saturated rings. The van der Waals surface area contributed by atoms with Gasteiger partial charge in [-0.05, 0) is 10.8 Å². The van der Waals surface area contributed by atoms with Crippen LogP contribution >= 0.6 is 0 Å². The number of carbonyl (C=O) groups is 1. The Morgan fingerprint density at radius 3 is 1.50 bits per heavy atom. The third kappa shape index (κ3) is 0.600. The van der Waals surface area contributed by atoms with E-state index >= 15 is 0 Å². The molecular formula is C9H16O3. The molecule has 0 aromatic carbocycles. The largest absolute Gasteiger partial charge is 0.481 e. The summed E-state index contributed by atoms with van der Waals surface area (Å²) in [4.78, 5) is 11.0. The van der Waals surface area contributed by atoms with Gasteiger partial charge in [0.25, 0.3) is 0 Å². The van der Waals surface area contributed by atoms with Gasteiger partial charge in [-0.25, -0.2) is 0 Å². The van der Waals surface area contributed by atoms with E-state index in [4.69, 9.17) is 10.2 Å². The summed E-state index contributed by atoms with van der Waals surface area (Å²) in [5.74, 6) is -0.889. The zero-order valence-electron chi connectivity index (χ0n) is 8.01. The second-order valence-corrected chi connectivity index (χ2v) is 4.62. The Morgan fingerprint density at radius 2 is 1.50 bits per heavy atom. The van der Waals surface area contributed by atoms with Gasteiger partial charge in [-0.3, -0.25) is 4.79 Å². The van der Waals surface area contributed by atoms with Gasteiger partial charge in [0.05, 0.1) is 6.61 Å². The maximum atomic E-state index is 11.0. The fraction of sp³-hybridized carbons (Fsp3) is 0.889. The molecule has 1 aliphatic rings. The number of hydrogen-bond acceptors (Lipinski definition) is 2. The highest BCUT2D eigenvalue weighted by Crippen LogP contribution is 2.77. The van der Waals surface area contributed by atoms with E-state index < -0.39 is 11.4 Å². The molecule has 1 rings (SSSR count). The van der Waals surface area contributed by atoms with Gasteiger partial charge in [0.2, 0.25) is 0 Å². The molecule has 0 heterocycles. The molecule has 70 valence electrons. The number of aliphatic hydroxyl groups excluding tert-OH is 1. The number of hydrogen-bond donors (Lipinski definition) is 2. The summed E-state index contributed by atoms with van der Waals surface area (Å²) in [6.07, 6.45) is 0. The fourth-order valence-electron chi connectivity index (χ4n) is 2.43. The van der Waals surface area contributed by atoms with Crippen molar-refractivity contribution in [3.63, 3.8) is 0 Å². The number of carboxylic acid groups (broad SMARTS) is 1. The van der Waals surface area contributed by atoms with Crippen LogP contribution in [-0.2, 0) is 4.79 Å². The standard InChI is InChI=1S/C9H16O3/c1-7(2)8(3,4)9(7,5-10)6(11)12/h10H,5H2,1-4H3,(H,11,12). The van der Waals surface area contributed by atoms with Crippen LogP contribution in [-0.4, -0.2) is 22.8 Å². The lowest BCUT2D eigenvalue weighted by Crippen LogP contribution is -2.26. The van der Waals surface area contributed by atoms with Crippen molar-refractivity contribution >= 4 is 5.97 Å². The predicted octanol–water partition coefficient (Wildman–Crippen LogP) is 1.12. The predicted molar refractivity (Wildman–Crippen MR) is 44.7 cm³/mol. The molecule has 2 N–H and O–H groups in total. The first kappa shape index (κ1) is 9.52. The molecule has 1 saturated carbocycles.